The molecule has 5 heteroatoms. The van der Waals surface area contributed by atoms with Crippen molar-refractivity contribution >= 4 is 43.8 Å². The van der Waals surface area contributed by atoms with Crippen LogP contribution in [-0.4, -0.2) is 9.97 Å². The van der Waals surface area contributed by atoms with Crippen molar-refractivity contribution in [2.75, 3.05) is 5.32 Å². The van der Waals surface area contributed by atoms with E-state index in [4.69, 9.17) is 4.42 Å². The van der Waals surface area contributed by atoms with Crippen molar-refractivity contribution in [1.82, 2.24) is 9.97 Å². The molecular weight excluding hydrogens is 282 g/mol. The Morgan fingerprint density at radius 2 is 2.00 bits per heavy atom. The van der Waals surface area contributed by atoms with Gasteiger partial charge >= 0.3 is 6.01 Å². The van der Waals surface area contributed by atoms with E-state index in [0.29, 0.717) is 6.01 Å². The van der Waals surface area contributed by atoms with Gasteiger partial charge in [-0.05, 0) is 36.2 Å². The van der Waals surface area contributed by atoms with Crippen molar-refractivity contribution < 1.29 is 4.42 Å². The predicted octanol–water partition coefficient (Wildman–Crippen LogP) is 4.74. The molecule has 21 heavy (non-hydrogen) atoms. The Balaban J connectivity index is 1.69. The maximum atomic E-state index is 5.66. The molecule has 0 aliphatic rings. The number of hydrogen-bond acceptors (Lipinski definition) is 5. The molecular formula is C16H13N3OS. The maximum absolute atomic E-state index is 5.66. The number of nitrogens with zero attached hydrogens (tertiary/aromatic N) is 2. The first-order chi connectivity index (χ1) is 10.3. The van der Waals surface area contributed by atoms with Crippen LogP contribution in [0.2, 0.25) is 0 Å². The van der Waals surface area contributed by atoms with Gasteiger partial charge in [0, 0.05) is 0 Å². The highest BCUT2D eigenvalue weighted by molar-refractivity contribution is 7.22. The fourth-order valence-electron chi connectivity index (χ4n) is 2.26. The fourth-order valence-corrected chi connectivity index (χ4v) is 3.18. The molecule has 0 saturated heterocycles. The van der Waals surface area contributed by atoms with E-state index in [1.165, 1.54) is 10.3 Å². The summed E-state index contributed by atoms with van der Waals surface area (Å²) in [6, 6.07) is 14.5. The van der Waals surface area contributed by atoms with Gasteiger partial charge in [0.15, 0.2) is 10.7 Å². The van der Waals surface area contributed by atoms with Crippen molar-refractivity contribution in [2.24, 2.45) is 0 Å². The number of fused-ring (bicyclic) bond motifs is 2. The van der Waals surface area contributed by atoms with E-state index < -0.39 is 0 Å². The molecule has 0 radical (unpaired) electrons. The second-order valence-electron chi connectivity index (χ2n) is 4.79. The number of rotatable bonds is 3. The van der Waals surface area contributed by atoms with Gasteiger partial charge in [0.2, 0.25) is 0 Å². The number of oxazole rings is 1. The standard InChI is InChI=1S/C16H13N3OS/c1-2-10-7-8-12-14(9-10)21-16(18-12)19-15-17-11-5-3-4-6-13(11)20-15/h3-9H,2H2,1H3,(H,17,18,19). The van der Waals surface area contributed by atoms with Crippen LogP contribution in [0.1, 0.15) is 12.5 Å². The summed E-state index contributed by atoms with van der Waals surface area (Å²) in [6.07, 6.45) is 1.03. The van der Waals surface area contributed by atoms with E-state index in [-0.39, 0.29) is 0 Å². The molecule has 0 spiro atoms. The van der Waals surface area contributed by atoms with Gasteiger partial charge in [0.05, 0.1) is 10.2 Å². The topological polar surface area (TPSA) is 51.0 Å². The van der Waals surface area contributed by atoms with Crippen molar-refractivity contribution in [3.63, 3.8) is 0 Å². The first-order valence-electron chi connectivity index (χ1n) is 6.84. The SMILES string of the molecule is CCc1ccc2nc(Nc3nc4ccccc4o3)sc2c1. The Hall–Kier alpha value is -2.40. The highest BCUT2D eigenvalue weighted by atomic mass is 32.1. The van der Waals surface area contributed by atoms with E-state index in [2.05, 4.69) is 40.4 Å². The van der Waals surface area contributed by atoms with Gasteiger partial charge in [-0.15, -0.1) is 0 Å². The van der Waals surface area contributed by atoms with E-state index in [1.54, 1.807) is 11.3 Å². The number of nitrogens with one attached hydrogen (secondary N) is 1. The van der Waals surface area contributed by atoms with Gasteiger partial charge < -0.3 is 4.42 Å². The number of anilines is 2. The molecule has 0 aliphatic carbocycles. The molecule has 1 N–H and O–H groups in total. The third-order valence-electron chi connectivity index (χ3n) is 3.37. The van der Waals surface area contributed by atoms with Gasteiger partial charge in [0.1, 0.15) is 5.52 Å². The summed E-state index contributed by atoms with van der Waals surface area (Å²) < 4.78 is 6.83. The molecule has 2 heterocycles. The maximum Gasteiger partial charge on any atom is 0.302 e. The summed E-state index contributed by atoms with van der Waals surface area (Å²) in [6.45, 7) is 2.15. The summed E-state index contributed by atoms with van der Waals surface area (Å²) in [5.41, 5.74) is 3.93. The predicted molar refractivity (Wildman–Crippen MR) is 86.3 cm³/mol. The molecule has 104 valence electrons. The minimum Gasteiger partial charge on any atom is -0.423 e. The van der Waals surface area contributed by atoms with E-state index >= 15 is 0 Å². The number of thiazole rings is 1. The smallest absolute Gasteiger partial charge is 0.302 e. The zero-order valence-electron chi connectivity index (χ0n) is 11.5. The third kappa shape index (κ3) is 2.25. The number of aromatic nitrogens is 2. The quantitative estimate of drug-likeness (QED) is 0.593. The molecule has 4 nitrogen and oxygen atoms in total. The lowest BCUT2D eigenvalue weighted by atomic mass is 10.2. The number of aryl methyl sites for hydroxylation is 1. The summed E-state index contributed by atoms with van der Waals surface area (Å²) >= 11 is 1.61. The first kappa shape index (κ1) is 12.3. The minimum absolute atomic E-state index is 0.478. The molecule has 0 atom stereocenters. The lowest BCUT2D eigenvalue weighted by Crippen LogP contribution is -1.88. The van der Waals surface area contributed by atoms with Crippen LogP contribution in [0.3, 0.4) is 0 Å². The molecule has 2 aromatic heterocycles. The van der Waals surface area contributed by atoms with Crippen molar-refractivity contribution in [1.29, 1.82) is 0 Å². The largest absolute Gasteiger partial charge is 0.423 e. The van der Waals surface area contributed by atoms with Crippen LogP contribution in [0.4, 0.5) is 11.1 Å². The van der Waals surface area contributed by atoms with Gasteiger partial charge in [-0.3, -0.25) is 5.32 Å². The average Bonchev–Trinajstić information content (AvgIpc) is 3.08. The Labute approximate surface area is 125 Å². The van der Waals surface area contributed by atoms with Crippen LogP contribution in [0.15, 0.2) is 46.9 Å². The molecule has 0 saturated carbocycles. The molecule has 0 fully saturated rings. The Bertz CT molecular complexity index is 892. The number of benzene rings is 2. The molecule has 4 rings (SSSR count). The molecule has 4 aromatic rings. The Morgan fingerprint density at radius 3 is 2.86 bits per heavy atom. The lowest BCUT2D eigenvalue weighted by molar-refractivity contribution is 0.623. The van der Waals surface area contributed by atoms with Gasteiger partial charge in [-0.2, -0.15) is 4.98 Å². The van der Waals surface area contributed by atoms with E-state index in [0.717, 1.165) is 28.2 Å². The van der Waals surface area contributed by atoms with Gasteiger partial charge in [-0.1, -0.05) is 36.5 Å². The van der Waals surface area contributed by atoms with E-state index in [9.17, 15) is 0 Å². The molecule has 0 aliphatic heterocycles. The summed E-state index contributed by atoms with van der Waals surface area (Å²) in [5.74, 6) is 0. The summed E-state index contributed by atoms with van der Waals surface area (Å²) in [4.78, 5) is 8.96. The second kappa shape index (κ2) is 4.86. The number of para-hydroxylation sites is 2. The zero-order chi connectivity index (χ0) is 14.2. The van der Waals surface area contributed by atoms with Crippen LogP contribution in [0, 0.1) is 0 Å². The Kier molecular flexibility index (Phi) is 2.86. The number of hydrogen-bond donors (Lipinski definition) is 1. The highest BCUT2D eigenvalue weighted by Gasteiger charge is 2.09. The zero-order valence-corrected chi connectivity index (χ0v) is 12.3. The van der Waals surface area contributed by atoms with Crippen LogP contribution < -0.4 is 5.32 Å². The average molecular weight is 295 g/mol. The van der Waals surface area contributed by atoms with Crippen LogP contribution in [0.5, 0.6) is 0 Å². The van der Waals surface area contributed by atoms with Crippen LogP contribution in [-0.2, 0) is 6.42 Å². The molecule has 0 unspecified atom stereocenters. The molecule has 2 aromatic carbocycles. The lowest BCUT2D eigenvalue weighted by Gasteiger charge is -1.93. The monoisotopic (exact) mass is 295 g/mol. The van der Waals surface area contributed by atoms with Gasteiger partial charge in [0.25, 0.3) is 0 Å². The highest BCUT2D eigenvalue weighted by Crippen LogP contribution is 2.30. The van der Waals surface area contributed by atoms with Crippen molar-refractivity contribution in [3.05, 3.63) is 48.0 Å². The first-order valence-corrected chi connectivity index (χ1v) is 7.65. The molecule has 0 amide bonds. The second-order valence-corrected chi connectivity index (χ2v) is 5.82. The van der Waals surface area contributed by atoms with Crippen molar-refractivity contribution in [3.8, 4) is 0 Å². The minimum atomic E-state index is 0.478. The normalized spacial score (nSPS) is 11.3. The fraction of sp³-hybridized carbons (Fsp3) is 0.125. The van der Waals surface area contributed by atoms with Gasteiger partial charge in [-0.25, -0.2) is 4.98 Å². The third-order valence-corrected chi connectivity index (χ3v) is 4.30. The van der Waals surface area contributed by atoms with Crippen LogP contribution in [0.25, 0.3) is 21.3 Å². The Morgan fingerprint density at radius 1 is 1.10 bits per heavy atom. The summed E-state index contributed by atoms with van der Waals surface area (Å²) in [5, 5.41) is 3.95. The van der Waals surface area contributed by atoms with E-state index in [1.807, 2.05) is 24.3 Å². The summed E-state index contributed by atoms with van der Waals surface area (Å²) in [7, 11) is 0. The van der Waals surface area contributed by atoms with Crippen LogP contribution >= 0.6 is 11.3 Å². The molecule has 0 bridgehead atoms. The van der Waals surface area contributed by atoms with Crippen molar-refractivity contribution in [2.45, 2.75) is 13.3 Å².